The zero-order chi connectivity index (χ0) is 18.3. The molecule has 134 valence electrons. The summed E-state index contributed by atoms with van der Waals surface area (Å²) in [6.45, 7) is 6.67. The van der Waals surface area contributed by atoms with Crippen LogP contribution in [0, 0.1) is 20.8 Å². The van der Waals surface area contributed by atoms with Gasteiger partial charge in [-0.3, -0.25) is 4.79 Å². The number of hydrogen-bond donors (Lipinski definition) is 1. The summed E-state index contributed by atoms with van der Waals surface area (Å²) < 4.78 is 11.1. The van der Waals surface area contributed by atoms with Crippen molar-refractivity contribution in [2.24, 2.45) is 0 Å². The van der Waals surface area contributed by atoms with E-state index in [1.807, 2.05) is 39.0 Å². The van der Waals surface area contributed by atoms with Crippen LogP contribution in [0.15, 0.2) is 34.9 Å². The van der Waals surface area contributed by atoms with Gasteiger partial charge in [0.15, 0.2) is 5.58 Å². The third-order valence-corrected chi connectivity index (χ3v) is 4.85. The van der Waals surface area contributed by atoms with E-state index in [1.54, 1.807) is 0 Å². The van der Waals surface area contributed by atoms with Crippen LogP contribution in [0.4, 0.5) is 0 Å². The summed E-state index contributed by atoms with van der Waals surface area (Å²) in [5, 5.41) is 8.18. The average molecular weight is 350 g/mol. The van der Waals surface area contributed by atoms with E-state index in [0.717, 1.165) is 45.4 Å². The molecule has 3 aromatic rings. The number of amides is 1. The van der Waals surface area contributed by atoms with E-state index in [9.17, 15) is 4.79 Å². The highest BCUT2D eigenvalue weighted by Gasteiger charge is 2.24. The molecule has 0 radical (unpaired) electrons. The number of hydrogen-bond acceptors (Lipinski definition) is 4. The van der Waals surface area contributed by atoms with Crippen molar-refractivity contribution < 1.29 is 14.1 Å². The van der Waals surface area contributed by atoms with Crippen LogP contribution in [-0.2, 0) is 11.2 Å². The van der Waals surface area contributed by atoms with Crippen molar-refractivity contribution in [3.63, 3.8) is 0 Å². The molecule has 1 N–H and O–H groups in total. The maximum Gasteiger partial charge on any atom is 0.226 e. The van der Waals surface area contributed by atoms with Crippen molar-refractivity contribution in [3.8, 4) is 5.75 Å². The average Bonchev–Trinajstić information content (AvgIpc) is 2.98. The lowest BCUT2D eigenvalue weighted by Gasteiger charge is -2.27. The minimum Gasteiger partial charge on any atom is -0.493 e. The number of rotatable bonds is 3. The van der Waals surface area contributed by atoms with Crippen molar-refractivity contribution in [2.75, 3.05) is 6.61 Å². The zero-order valence-electron chi connectivity index (χ0n) is 15.3. The second kappa shape index (κ2) is 6.48. The Morgan fingerprint density at radius 2 is 2.04 bits per heavy atom. The van der Waals surface area contributed by atoms with Crippen molar-refractivity contribution in [3.05, 3.63) is 58.3 Å². The Labute approximate surface area is 152 Å². The molecule has 5 nitrogen and oxygen atoms in total. The van der Waals surface area contributed by atoms with Gasteiger partial charge in [-0.05, 0) is 44.0 Å². The summed E-state index contributed by atoms with van der Waals surface area (Å²) in [5.41, 5.74) is 5.80. The number of aromatic nitrogens is 1. The molecule has 2 aromatic carbocycles. The molecule has 1 aliphatic heterocycles. The van der Waals surface area contributed by atoms with E-state index in [4.69, 9.17) is 9.26 Å². The standard InChI is InChI=1S/C21H22N2O3/c1-12-4-5-19-15(9-12)17(6-7-25-19)22-20(24)11-18-16-10-13(2)8-14(3)21(16)26-23-18/h4-5,8-10,17H,6-7,11H2,1-3H3,(H,22,24). The molecule has 1 unspecified atom stereocenters. The predicted molar refractivity (Wildman–Crippen MR) is 99.4 cm³/mol. The molecule has 0 fully saturated rings. The first-order chi connectivity index (χ1) is 12.5. The molecule has 0 bridgehead atoms. The number of nitrogens with one attached hydrogen (secondary N) is 1. The summed E-state index contributed by atoms with van der Waals surface area (Å²) in [7, 11) is 0. The van der Waals surface area contributed by atoms with Gasteiger partial charge >= 0.3 is 0 Å². The number of fused-ring (bicyclic) bond motifs is 2. The third kappa shape index (κ3) is 3.05. The number of ether oxygens (including phenoxy) is 1. The van der Waals surface area contributed by atoms with Gasteiger partial charge in [-0.25, -0.2) is 0 Å². The van der Waals surface area contributed by atoms with E-state index < -0.39 is 0 Å². The second-order valence-corrected chi connectivity index (χ2v) is 7.06. The third-order valence-electron chi connectivity index (χ3n) is 4.85. The fraction of sp³-hybridized carbons (Fsp3) is 0.333. The zero-order valence-corrected chi connectivity index (χ0v) is 15.3. The first-order valence-corrected chi connectivity index (χ1v) is 8.89. The van der Waals surface area contributed by atoms with Crippen LogP contribution in [0.2, 0.25) is 0 Å². The number of aryl methyl sites for hydroxylation is 3. The summed E-state index contributed by atoms with van der Waals surface area (Å²) >= 11 is 0. The molecule has 0 saturated carbocycles. The smallest absolute Gasteiger partial charge is 0.226 e. The number of nitrogens with zero attached hydrogens (tertiary/aromatic N) is 1. The first kappa shape index (κ1) is 16.6. The molecule has 1 aliphatic rings. The highest BCUT2D eigenvalue weighted by Crippen LogP contribution is 2.33. The Bertz CT molecular complexity index is 990. The number of carbonyl (C=O) groups excluding carboxylic acids is 1. The highest BCUT2D eigenvalue weighted by atomic mass is 16.5. The van der Waals surface area contributed by atoms with Crippen LogP contribution >= 0.6 is 0 Å². The minimum atomic E-state index is -0.0567. The molecule has 0 spiro atoms. The Kier molecular flexibility index (Phi) is 4.15. The Hall–Kier alpha value is -2.82. The molecule has 26 heavy (non-hydrogen) atoms. The van der Waals surface area contributed by atoms with Gasteiger partial charge in [-0.1, -0.05) is 28.9 Å². The molecular formula is C21H22N2O3. The SMILES string of the molecule is Cc1ccc2c(c1)C(NC(=O)Cc1noc3c(C)cc(C)cc13)CCO2. The Morgan fingerprint density at radius 3 is 2.88 bits per heavy atom. The number of carbonyl (C=O) groups is 1. The fourth-order valence-electron chi connectivity index (χ4n) is 3.63. The van der Waals surface area contributed by atoms with E-state index >= 15 is 0 Å². The molecule has 0 saturated heterocycles. The largest absolute Gasteiger partial charge is 0.493 e. The topological polar surface area (TPSA) is 64.4 Å². The fourth-order valence-corrected chi connectivity index (χ4v) is 3.63. The molecule has 2 heterocycles. The first-order valence-electron chi connectivity index (χ1n) is 8.89. The highest BCUT2D eigenvalue weighted by molar-refractivity contribution is 5.88. The van der Waals surface area contributed by atoms with Crippen LogP contribution in [-0.4, -0.2) is 17.7 Å². The normalized spacial score (nSPS) is 16.2. The van der Waals surface area contributed by atoms with Gasteiger partial charge in [0.05, 0.1) is 19.1 Å². The molecule has 1 aromatic heterocycles. The molecule has 4 rings (SSSR count). The van der Waals surface area contributed by atoms with Gasteiger partial charge in [0.2, 0.25) is 5.91 Å². The molecule has 5 heteroatoms. The number of benzene rings is 2. The second-order valence-electron chi connectivity index (χ2n) is 7.06. The van der Waals surface area contributed by atoms with Gasteiger partial charge in [0.25, 0.3) is 0 Å². The monoisotopic (exact) mass is 350 g/mol. The van der Waals surface area contributed by atoms with E-state index in [2.05, 4.69) is 22.6 Å². The minimum absolute atomic E-state index is 0.0345. The van der Waals surface area contributed by atoms with Gasteiger partial charge < -0.3 is 14.6 Å². The summed E-state index contributed by atoms with van der Waals surface area (Å²) in [6, 6.07) is 10.1. The maximum atomic E-state index is 12.7. The molecule has 0 aliphatic carbocycles. The van der Waals surface area contributed by atoms with Crippen LogP contribution < -0.4 is 10.1 Å². The van der Waals surface area contributed by atoms with Crippen LogP contribution in [0.5, 0.6) is 5.75 Å². The maximum absolute atomic E-state index is 12.7. The van der Waals surface area contributed by atoms with E-state index in [1.165, 1.54) is 0 Å². The Morgan fingerprint density at radius 1 is 1.19 bits per heavy atom. The van der Waals surface area contributed by atoms with Crippen molar-refractivity contribution in [1.29, 1.82) is 0 Å². The summed E-state index contributed by atoms with van der Waals surface area (Å²) in [6.07, 6.45) is 0.967. The van der Waals surface area contributed by atoms with Crippen molar-refractivity contribution in [2.45, 2.75) is 39.7 Å². The van der Waals surface area contributed by atoms with Gasteiger partial charge in [0, 0.05) is 17.4 Å². The van der Waals surface area contributed by atoms with E-state index in [-0.39, 0.29) is 18.4 Å². The van der Waals surface area contributed by atoms with Crippen molar-refractivity contribution in [1.82, 2.24) is 10.5 Å². The summed E-state index contributed by atoms with van der Waals surface area (Å²) in [5.74, 6) is 0.795. The summed E-state index contributed by atoms with van der Waals surface area (Å²) in [4.78, 5) is 12.7. The van der Waals surface area contributed by atoms with E-state index in [0.29, 0.717) is 12.3 Å². The van der Waals surface area contributed by atoms with Crippen LogP contribution in [0.3, 0.4) is 0 Å². The quantitative estimate of drug-likeness (QED) is 0.777. The van der Waals surface area contributed by atoms with Crippen LogP contribution in [0.1, 0.15) is 40.4 Å². The van der Waals surface area contributed by atoms with Gasteiger partial charge in [0.1, 0.15) is 11.4 Å². The Balaban J connectivity index is 1.55. The molecule has 1 atom stereocenters. The van der Waals surface area contributed by atoms with Crippen LogP contribution in [0.25, 0.3) is 11.0 Å². The molecular weight excluding hydrogens is 328 g/mol. The molecule has 1 amide bonds. The lowest BCUT2D eigenvalue weighted by molar-refractivity contribution is -0.121. The van der Waals surface area contributed by atoms with Crippen molar-refractivity contribution >= 4 is 16.9 Å². The lowest BCUT2D eigenvalue weighted by Crippen LogP contribution is -2.33. The van der Waals surface area contributed by atoms with Gasteiger partial charge in [-0.2, -0.15) is 0 Å². The predicted octanol–water partition coefficient (Wildman–Crippen LogP) is 3.94. The van der Waals surface area contributed by atoms with Gasteiger partial charge in [-0.15, -0.1) is 0 Å². The lowest BCUT2D eigenvalue weighted by atomic mass is 9.98.